The third kappa shape index (κ3) is 2.62. The fraction of sp³-hybridized carbons (Fsp3) is 0. The van der Waals surface area contributed by atoms with E-state index in [0.29, 0.717) is 11.3 Å². The van der Waals surface area contributed by atoms with Crippen LogP contribution in [0.25, 0.3) is 0 Å². The average molecular weight is 264 g/mol. The molecule has 0 aliphatic carbocycles. The molecule has 2 rings (SSSR count). The first kappa shape index (κ1) is 12.4. The van der Waals surface area contributed by atoms with E-state index in [-0.39, 0.29) is 10.7 Å². The number of hydrogen-bond acceptors (Lipinski definition) is 2. The highest BCUT2D eigenvalue weighted by molar-refractivity contribution is 7.80. The van der Waals surface area contributed by atoms with Crippen LogP contribution >= 0.6 is 12.2 Å². The van der Waals surface area contributed by atoms with Crippen molar-refractivity contribution in [3.05, 3.63) is 59.7 Å². The summed E-state index contributed by atoms with van der Waals surface area (Å²) in [5.41, 5.74) is 6.59. The number of para-hydroxylation sites is 1. The average Bonchev–Trinajstić information content (AvgIpc) is 2.34. The van der Waals surface area contributed by atoms with Gasteiger partial charge < -0.3 is 11.1 Å². The molecule has 2 aromatic carbocycles. The van der Waals surface area contributed by atoms with E-state index in [1.807, 2.05) is 0 Å². The van der Waals surface area contributed by atoms with Gasteiger partial charge in [0.25, 0.3) is 0 Å². The van der Waals surface area contributed by atoms with Crippen molar-refractivity contribution in [2.75, 3.05) is 5.32 Å². The highest BCUT2D eigenvalue weighted by Crippen LogP contribution is 2.23. The maximum Gasteiger partial charge on any atom is 0.146 e. The van der Waals surface area contributed by atoms with E-state index >= 15 is 0 Å². The molecule has 0 bridgehead atoms. The van der Waals surface area contributed by atoms with Crippen molar-refractivity contribution in [2.24, 2.45) is 5.73 Å². The minimum Gasteiger partial charge on any atom is -0.389 e. The van der Waals surface area contributed by atoms with Gasteiger partial charge in [0.05, 0.1) is 5.69 Å². The van der Waals surface area contributed by atoms with Crippen molar-refractivity contribution in [1.82, 2.24) is 0 Å². The Bertz CT molecular complexity index is 599. The van der Waals surface area contributed by atoms with E-state index in [0.717, 1.165) is 0 Å². The zero-order valence-corrected chi connectivity index (χ0v) is 10.1. The molecule has 2 nitrogen and oxygen atoms in total. The number of hydrogen-bond donors (Lipinski definition) is 2. The molecule has 0 aliphatic rings. The predicted molar refractivity (Wildman–Crippen MR) is 72.0 cm³/mol. The van der Waals surface area contributed by atoms with E-state index in [4.69, 9.17) is 18.0 Å². The summed E-state index contributed by atoms with van der Waals surface area (Å²) >= 11 is 4.84. The molecule has 0 unspecified atom stereocenters. The molecular weight excluding hydrogens is 254 g/mol. The lowest BCUT2D eigenvalue weighted by atomic mass is 10.1. The molecule has 0 saturated carbocycles. The molecule has 2 aromatic rings. The molecule has 0 saturated heterocycles. The molecule has 92 valence electrons. The van der Waals surface area contributed by atoms with Crippen molar-refractivity contribution in [2.45, 2.75) is 0 Å². The van der Waals surface area contributed by atoms with Crippen LogP contribution in [0.2, 0.25) is 0 Å². The quantitative estimate of drug-likeness (QED) is 0.835. The highest BCUT2D eigenvalue weighted by atomic mass is 32.1. The lowest BCUT2D eigenvalue weighted by molar-refractivity contribution is 0.627. The molecule has 18 heavy (non-hydrogen) atoms. The summed E-state index contributed by atoms with van der Waals surface area (Å²) in [6.45, 7) is 0. The Morgan fingerprint density at radius 1 is 1.06 bits per heavy atom. The minimum absolute atomic E-state index is 0.0494. The number of halogens is 2. The van der Waals surface area contributed by atoms with Gasteiger partial charge in [0.15, 0.2) is 0 Å². The van der Waals surface area contributed by atoms with E-state index in [2.05, 4.69) is 5.32 Å². The zero-order valence-electron chi connectivity index (χ0n) is 9.28. The van der Waals surface area contributed by atoms with Crippen LogP contribution in [0.3, 0.4) is 0 Å². The number of anilines is 2. The third-order valence-corrected chi connectivity index (χ3v) is 2.61. The van der Waals surface area contributed by atoms with Crippen LogP contribution < -0.4 is 11.1 Å². The first-order valence-electron chi connectivity index (χ1n) is 5.19. The Morgan fingerprint density at radius 2 is 1.78 bits per heavy atom. The Hall–Kier alpha value is -2.01. The van der Waals surface area contributed by atoms with Crippen molar-refractivity contribution < 1.29 is 8.78 Å². The summed E-state index contributed by atoms with van der Waals surface area (Å²) in [5, 5.41) is 2.84. The molecule has 0 heterocycles. The first-order chi connectivity index (χ1) is 8.58. The smallest absolute Gasteiger partial charge is 0.146 e. The van der Waals surface area contributed by atoms with E-state index < -0.39 is 11.6 Å². The van der Waals surface area contributed by atoms with Crippen LogP contribution in [0.1, 0.15) is 5.56 Å². The lowest BCUT2D eigenvalue weighted by Crippen LogP contribution is -2.12. The number of thiocarbonyl (C=S) groups is 1. The van der Waals surface area contributed by atoms with Crippen molar-refractivity contribution in [3.8, 4) is 0 Å². The van der Waals surface area contributed by atoms with Crippen molar-refractivity contribution in [1.29, 1.82) is 0 Å². The van der Waals surface area contributed by atoms with Crippen LogP contribution in [-0.2, 0) is 0 Å². The summed E-state index contributed by atoms with van der Waals surface area (Å²) < 4.78 is 26.6. The Balaban J connectivity index is 2.41. The molecule has 0 fully saturated rings. The van der Waals surface area contributed by atoms with Crippen LogP contribution in [0.5, 0.6) is 0 Å². The second kappa shape index (κ2) is 5.10. The Labute approximate surface area is 108 Å². The van der Waals surface area contributed by atoms with Crippen LogP contribution in [0.4, 0.5) is 20.2 Å². The SMILES string of the molecule is NC(=S)c1cc(F)ccc1Nc1ccccc1F. The molecule has 3 N–H and O–H groups in total. The number of rotatable bonds is 3. The molecule has 0 spiro atoms. The standard InChI is InChI=1S/C13H10F2N2S/c14-8-5-6-11(9(7-8)13(16)18)17-12-4-2-1-3-10(12)15/h1-7,17H,(H2,16,18). The first-order valence-corrected chi connectivity index (χ1v) is 5.59. The largest absolute Gasteiger partial charge is 0.389 e. The van der Waals surface area contributed by atoms with E-state index in [1.165, 1.54) is 24.3 Å². The molecule has 0 aliphatic heterocycles. The fourth-order valence-corrected chi connectivity index (χ4v) is 1.71. The lowest BCUT2D eigenvalue weighted by Gasteiger charge is -2.11. The second-order valence-corrected chi connectivity index (χ2v) is 4.10. The zero-order chi connectivity index (χ0) is 13.1. The summed E-state index contributed by atoms with van der Waals surface area (Å²) in [5.74, 6) is -0.854. The van der Waals surface area contributed by atoms with E-state index in [1.54, 1.807) is 18.2 Å². The van der Waals surface area contributed by atoms with Gasteiger partial charge in [-0.25, -0.2) is 8.78 Å². The van der Waals surface area contributed by atoms with Gasteiger partial charge >= 0.3 is 0 Å². The molecule has 0 amide bonds. The van der Waals surface area contributed by atoms with Crippen LogP contribution in [0.15, 0.2) is 42.5 Å². The van der Waals surface area contributed by atoms with Gasteiger partial charge in [0.1, 0.15) is 16.6 Å². The Kier molecular flexibility index (Phi) is 3.53. The normalized spacial score (nSPS) is 10.1. The molecule has 5 heteroatoms. The second-order valence-electron chi connectivity index (χ2n) is 3.66. The maximum atomic E-state index is 13.5. The molecule has 0 radical (unpaired) electrons. The van der Waals surface area contributed by atoms with Crippen molar-refractivity contribution in [3.63, 3.8) is 0 Å². The Morgan fingerprint density at radius 3 is 2.44 bits per heavy atom. The van der Waals surface area contributed by atoms with Gasteiger partial charge in [-0.2, -0.15) is 0 Å². The van der Waals surface area contributed by atoms with Gasteiger partial charge in [-0.3, -0.25) is 0 Å². The number of nitrogens with two attached hydrogens (primary N) is 1. The number of benzene rings is 2. The predicted octanol–water partition coefficient (Wildman–Crippen LogP) is 3.34. The fourth-order valence-electron chi connectivity index (χ4n) is 1.54. The molecular formula is C13H10F2N2S. The van der Waals surface area contributed by atoms with Gasteiger partial charge in [-0.15, -0.1) is 0 Å². The van der Waals surface area contributed by atoms with Gasteiger partial charge in [0, 0.05) is 11.3 Å². The van der Waals surface area contributed by atoms with Gasteiger partial charge in [-0.05, 0) is 30.3 Å². The summed E-state index contributed by atoms with van der Waals surface area (Å²) in [6, 6.07) is 10.1. The van der Waals surface area contributed by atoms with Crippen LogP contribution in [0, 0.1) is 11.6 Å². The summed E-state index contributed by atoms with van der Waals surface area (Å²) in [4.78, 5) is 0.0494. The summed E-state index contributed by atoms with van der Waals surface area (Å²) in [7, 11) is 0. The summed E-state index contributed by atoms with van der Waals surface area (Å²) in [6.07, 6.45) is 0. The third-order valence-electron chi connectivity index (χ3n) is 2.39. The molecule has 0 atom stereocenters. The maximum absolute atomic E-state index is 13.5. The molecule has 0 aromatic heterocycles. The van der Waals surface area contributed by atoms with Gasteiger partial charge in [0.2, 0.25) is 0 Å². The van der Waals surface area contributed by atoms with Crippen molar-refractivity contribution >= 4 is 28.6 Å². The monoisotopic (exact) mass is 264 g/mol. The van der Waals surface area contributed by atoms with Gasteiger partial charge in [-0.1, -0.05) is 24.4 Å². The van der Waals surface area contributed by atoms with Crippen LogP contribution in [-0.4, -0.2) is 4.99 Å². The van der Waals surface area contributed by atoms with E-state index in [9.17, 15) is 8.78 Å². The topological polar surface area (TPSA) is 38.0 Å². The number of nitrogens with one attached hydrogen (secondary N) is 1. The highest BCUT2D eigenvalue weighted by Gasteiger charge is 2.08. The minimum atomic E-state index is -0.447.